The van der Waals surface area contributed by atoms with Gasteiger partial charge in [0.05, 0.1) is 12.7 Å². The molecule has 0 saturated heterocycles. The van der Waals surface area contributed by atoms with Crippen LogP contribution >= 0.6 is 11.8 Å². The second kappa shape index (κ2) is 5.25. The van der Waals surface area contributed by atoms with Gasteiger partial charge in [0.1, 0.15) is 0 Å². The van der Waals surface area contributed by atoms with Gasteiger partial charge in [-0.2, -0.15) is 0 Å². The Bertz CT molecular complexity index is 402. The molecule has 0 bridgehead atoms. The number of nitrogen functional groups attached to an aromatic ring is 1. The Morgan fingerprint density at radius 3 is 2.56 bits per heavy atom. The molecule has 0 atom stereocenters. The largest absolute Gasteiger partial charge is 0.465 e. The molecule has 1 aromatic carbocycles. The van der Waals surface area contributed by atoms with E-state index in [-0.39, 0.29) is 5.97 Å². The number of carbonyl (C=O) groups excluding carboxylic acids is 1. The summed E-state index contributed by atoms with van der Waals surface area (Å²) in [7, 11) is 1.36. The molecule has 0 aliphatic rings. The van der Waals surface area contributed by atoms with Crippen LogP contribution in [-0.2, 0) is 4.74 Å². The summed E-state index contributed by atoms with van der Waals surface area (Å²) in [5, 5.41) is 0.466. The van der Waals surface area contributed by atoms with E-state index < -0.39 is 0 Å². The second-order valence-electron chi connectivity index (χ2n) is 3.86. The minimum Gasteiger partial charge on any atom is -0.465 e. The van der Waals surface area contributed by atoms with Crippen LogP contribution in [0.2, 0.25) is 0 Å². The van der Waals surface area contributed by atoms with Gasteiger partial charge in [-0.1, -0.05) is 13.8 Å². The lowest BCUT2D eigenvalue weighted by molar-refractivity contribution is 0.0601. The maximum Gasteiger partial charge on any atom is 0.340 e. The van der Waals surface area contributed by atoms with E-state index in [1.165, 1.54) is 7.11 Å². The fraction of sp³-hybridized carbons (Fsp3) is 0.417. The molecular weight excluding hydrogens is 222 g/mol. The molecule has 2 N–H and O–H groups in total. The summed E-state index contributed by atoms with van der Waals surface area (Å²) in [4.78, 5) is 12.6. The zero-order valence-corrected chi connectivity index (χ0v) is 10.9. The summed E-state index contributed by atoms with van der Waals surface area (Å²) in [6.07, 6.45) is 0. The van der Waals surface area contributed by atoms with Crippen molar-refractivity contribution in [3.05, 3.63) is 23.3 Å². The smallest absolute Gasteiger partial charge is 0.340 e. The molecule has 0 fully saturated rings. The minimum atomic E-state index is -0.383. The molecule has 0 unspecified atom stereocenters. The molecule has 88 valence electrons. The van der Waals surface area contributed by atoms with Crippen LogP contribution in [0.15, 0.2) is 17.0 Å². The molecule has 0 aromatic heterocycles. The van der Waals surface area contributed by atoms with Gasteiger partial charge in [-0.05, 0) is 24.6 Å². The number of rotatable bonds is 3. The van der Waals surface area contributed by atoms with Crippen molar-refractivity contribution in [2.45, 2.75) is 30.9 Å². The van der Waals surface area contributed by atoms with Crippen LogP contribution in [0.5, 0.6) is 0 Å². The summed E-state index contributed by atoms with van der Waals surface area (Å²) >= 11 is 1.70. The molecule has 0 aliphatic heterocycles. The summed E-state index contributed by atoms with van der Waals surface area (Å²) in [5.41, 5.74) is 7.71. The van der Waals surface area contributed by atoms with Crippen molar-refractivity contribution < 1.29 is 9.53 Å². The first-order valence-corrected chi connectivity index (χ1v) is 5.98. The predicted molar refractivity (Wildman–Crippen MR) is 67.9 cm³/mol. The Balaban J connectivity index is 3.16. The first kappa shape index (κ1) is 12.9. The van der Waals surface area contributed by atoms with Crippen LogP contribution in [0.4, 0.5) is 5.69 Å². The third-order valence-corrected chi connectivity index (χ3v) is 3.12. The molecule has 3 nitrogen and oxygen atoms in total. The topological polar surface area (TPSA) is 52.3 Å². The number of thioether (sulfide) groups is 1. The van der Waals surface area contributed by atoms with Gasteiger partial charge in [0.25, 0.3) is 0 Å². The number of hydrogen-bond acceptors (Lipinski definition) is 4. The number of nitrogens with two attached hydrogens (primary N) is 1. The molecule has 1 rings (SSSR count). The summed E-state index contributed by atoms with van der Waals surface area (Å²) < 4.78 is 4.70. The highest BCUT2D eigenvalue weighted by atomic mass is 32.2. The predicted octanol–water partition coefficient (Wildman–Crippen LogP) is 2.86. The van der Waals surface area contributed by atoms with E-state index in [9.17, 15) is 4.79 Å². The lowest BCUT2D eigenvalue weighted by Crippen LogP contribution is -2.07. The average Bonchev–Trinajstić information content (AvgIpc) is 2.21. The van der Waals surface area contributed by atoms with Gasteiger partial charge in [0, 0.05) is 15.8 Å². The van der Waals surface area contributed by atoms with Crippen LogP contribution in [0.1, 0.15) is 29.8 Å². The zero-order chi connectivity index (χ0) is 12.3. The quantitative estimate of drug-likeness (QED) is 0.500. The van der Waals surface area contributed by atoms with E-state index in [2.05, 4.69) is 13.8 Å². The van der Waals surface area contributed by atoms with Gasteiger partial charge in [-0.25, -0.2) is 4.79 Å². The highest BCUT2D eigenvalue weighted by molar-refractivity contribution is 7.99. The van der Waals surface area contributed by atoms with E-state index in [0.717, 1.165) is 10.5 Å². The van der Waals surface area contributed by atoms with Crippen molar-refractivity contribution in [3.63, 3.8) is 0 Å². The number of hydrogen-bond donors (Lipinski definition) is 1. The van der Waals surface area contributed by atoms with Gasteiger partial charge in [-0.3, -0.25) is 0 Å². The molecule has 0 aliphatic carbocycles. The Kier molecular flexibility index (Phi) is 4.24. The Hall–Kier alpha value is -1.16. The molecule has 1 aromatic rings. The normalized spacial score (nSPS) is 10.6. The molecule has 0 radical (unpaired) electrons. The Morgan fingerprint density at radius 1 is 1.44 bits per heavy atom. The third kappa shape index (κ3) is 2.92. The third-order valence-electron chi connectivity index (χ3n) is 2.14. The Morgan fingerprint density at radius 2 is 2.06 bits per heavy atom. The fourth-order valence-corrected chi connectivity index (χ4v) is 2.36. The van der Waals surface area contributed by atoms with Gasteiger partial charge in [0.15, 0.2) is 0 Å². The number of methoxy groups -OCH3 is 1. The van der Waals surface area contributed by atoms with Crippen molar-refractivity contribution in [3.8, 4) is 0 Å². The van der Waals surface area contributed by atoms with Crippen molar-refractivity contribution in [1.82, 2.24) is 0 Å². The van der Waals surface area contributed by atoms with Crippen molar-refractivity contribution in [1.29, 1.82) is 0 Å². The van der Waals surface area contributed by atoms with Crippen LogP contribution < -0.4 is 5.73 Å². The maximum atomic E-state index is 11.5. The molecule has 0 saturated carbocycles. The van der Waals surface area contributed by atoms with E-state index in [1.807, 2.05) is 13.0 Å². The van der Waals surface area contributed by atoms with Gasteiger partial charge in [-0.15, -0.1) is 11.8 Å². The first-order valence-electron chi connectivity index (χ1n) is 5.10. The van der Waals surface area contributed by atoms with Crippen molar-refractivity contribution >= 4 is 23.4 Å². The number of benzene rings is 1. The minimum absolute atomic E-state index is 0.383. The van der Waals surface area contributed by atoms with Crippen LogP contribution in [0, 0.1) is 6.92 Å². The fourth-order valence-electron chi connectivity index (χ4n) is 1.38. The summed E-state index contributed by atoms with van der Waals surface area (Å²) in [5.74, 6) is -0.383. The number of carbonyl (C=O) groups is 1. The highest BCUT2D eigenvalue weighted by Gasteiger charge is 2.14. The second-order valence-corrected chi connectivity index (χ2v) is 5.51. The first-order chi connectivity index (χ1) is 7.45. The number of anilines is 1. The lowest BCUT2D eigenvalue weighted by Gasteiger charge is -2.11. The molecule has 4 heteroatoms. The average molecular weight is 239 g/mol. The number of esters is 1. The molecule has 0 heterocycles. The van der Waals surface area contributed by atoms with Crippen molar-refractivity contribution in [2.75, 3.05) is 12.8 Å². The Labute approximate surface area is 100 Å². The van der Waals surface area contributed by atoms with Gasteiger partial charge < -0.3 is 10.5 Å². The van der Waals surface area contributed by atoms with E-state index >= 15 is 0 Å². The van der Waals surface area contributed by atoms with Crippen LogP contribution in [0.3, 0.4) is 0 Å². The number of aryl methyl sites for hydroxylation is 1. The van der Waals surface area contributed by atoms with Gasteiger partial charge >= 0.3 is 5.97 Å². The number of ether oxygens (including phenoxy) is 1. The van der Waals surface area contributed by atoms with Gasteiger partial charge in [0.2, 0.25) is 0 Å². The van der Waals surface area contributed by atoms with Crippen molar-refractivity contribution in [2.24, 2.45) is 0 Å². The molecule has 16 heavy (non-hydrogen) atoms. The summed E-state index contributed by atoms with van der Waals surface area (Å²) in [6, 6.07) is 3.78. The standard InChI is InChI=1S/C12H17NO2S/c1-7(2)16-9-5-8(3)11(13)10(6-9)12(14)15-4/h5-7H,13H2,1-4H3. The maximum absolute atomic E-state index is 11.5. The monoisotopic (exact) mass is 239 g/mol. The summed E-state index contributed by atoms with van der Waals surface area (Å²) in [6.45, 7) is 6.11. The van der Waals surface area contributed by atoms with Crippen LogP contribution in [-0.4, -0.2) is 18.3 Å². The van der Waals surface area contributed by atoms with E-state index in [4.69, 9.17) is 10.5 Å². The molecule has 0 amide bonds. The molecular formula is C12H17NO2S. The lowest BCUT2D eigenvalue weighted by atomic mass is 10.1. The zero-order valence-electron chi connectivity index (χ0n) is 10.0. The SMILES string of the molecule is COC(=O)c1cc(SC(C)C)cc(C)c1N. The van der Waals surface area contributed by atoms with E-state index in [1.54, 1.807) is 17.8 Å². The van der Waals surface area contributed by atoms with E-state index in [0.29, 0.717) is 16.5 Å². The highest BCUT2D eigenvalue weighted by Crippen LogP contribution is 2.29. The molecule has 0 spiro atoms. The van der Waals surface area contributed by atoms with Crippen LogP contribution in [0.25, 0.3) is 0 Å².